The van der Waals surface area contributed by atoms with Crippen molar-refractivity contribution < 1.29 is 14.9 Å². The number of aryl methyl sites for hydroxylation is 1. The molecule has 1 aliphatic rings. The Balaban J connectivity index is 2.15. The van der Waals surface area contributed by atoms with E-state index in [1.807, 2.05) is 45.0 Å². The lowest BCUT2D eigenvalue weighted by molar-refractivity contribution is 0.419. The summed E-state index contributed by atoms with van der Waals surface area (Å²) in [4.78, 5) is 0. The van der Waals surface area contributed by atoms with Gasteiger partial charge in [0.1, 0.15) is 23.0 Å². The molecule has 3 rings (SSSR count). The van der Waals surface area contributed by atoms with Crippen molar-refractivity contribution in [2.45, 2.75) is 27.2 Å². The Hall–Kier alpha value is -2.68. The highest BCUT2D eigenvalue weighted by Gasteiger charge is 2.27. The molecule has 0 saturated carbocycles. The zero-order chi connectivity index (χ0) is 16.7. The molecule has 0 aromatic heterocycles. The topological polar surface area (TPSA) is 49.7 Å². The second-order valence-electron chi connectivity index (χ2n) is 6.16. The molecule has 2 aromatic carbocycles. The molecule has 2 aromatic rings. The number of benzene rings is 2. The van der Waals surface area contributed by atoms with Gasteiger partial charge in [-0.15, -0.1) is 0 Å². The van der Waals surface area contributed by atoms with E-state index in [2.05, 4.69) is 6.58 Å². The van der Waals surface area contributed by atoms with Gasteiger partial charge in [-0.25, -0.2) is 0 Å². The Morgan fingerprint density at radius 3 is 2.61 bits per heavy atom. The van der Waals surface area contributed by atoms with Crippen molar-refractivity contribution in [1.29, 1.82) is 0 Å². The maximum absolute atomic E-state index is 10.7. The van der Waals surface area contributed by atoms with E-state index in [1.165, 1.54) is 0 Å². The van der Waals surface area contributed by atoms with Crippen LogP contribution in [0.3, 0.4) is 0 Å². The van der Waals surface area contributed by atoms with Crippen LogP contribution in [0.2, 0.25) is 0 Å². The molecule has 0 spiro atoms. The van der Waals surface area contributed by atoms with Gasteiger partial charge >= 0.3 is 0 Å². The molecule has 0 atom stereocenters. The molecule has 23 heavy (non-hydrogen) atoms. The third kappa shape index (κ3) is 2.59. The normalized spacial score (nSPS) is 12.2. The predicted octanol–water partition coefficient (Wildman–Crippen LogP) is 5.08. The number of ether oxygens (including phenoxy) is 1. The summed E-state index contributed by atoms with van der Waals surface area (Å²) in [6.07, 6.45) is 2.42. The van der Waals surface area contributed by atoms with Gasteiger partial charge in [0, 0.05) is 17.2 Å². The Morgan fingerprint density at radius 2 is 1.91 bits per heavy atom. The number of allylic oxidation sites excluding steroid dienone is 2. The first-order valence-corrected chi connectivity index (χ1v) is 7.57. The number of aromatic hydroxyl groups is 2. The van der Waals surface area contributed by atoms with Crippen molar-refractivity contribution >= 4 is 5.57 Å². The summed E-state index contributed by atoms with van der Waals surface area (Å²) in [6.45, 7) is 10.1. The van der Waals surface area contributed by atoms with E-state index in [-0.39, 0.29) is 11.5 Å². The lowest BCUT2D eigenvalue weighted by atomic mass is 9.91. The van der Waals surface area contributed by atoms with Gasteiger partial charge in [0.05, 0.1) is 5.56 Å². The van der Waals surface area contributed by atoms with Crippen LogP contribution in [0.5, 0.6) is 23.0 Å². The number of rotatable bonds is 2. The standard InChI is InChI=1S/C20H20O3/c1-11(2)5-7-14-16(21)10-18-19(20(14)22)13(4)15-9-12(3)6-8-17(15)23-18/h5-6,8-10,21-22H,4,7H2,1-3H3. The minimum absolute atomic E-state index is 0.0297. The second-order valence-corrected chi connectivity index (χ2v) is 6.16. The Kier molecular flexibility index (Phi) is 3.64. The molecule has 1 heterocycles. The van der Waals surface area contributed by atoms with Crippen molar-refractivity contribution in [1.82, 2.24) is 0 Å². The third-order valence-electron chi connectivity index (χ3n) is 4.04. The van der Waals surface area contributed by atoms with Crippen molar-refractivity contribution in [2.75, 3.05) is 0 Å². The van der Waals surface area contributed by atoms with E-state index in [9.17, 15) is 10.2 Å². The monoisotopic (exact) mass is 308 g/mol. The molecule has 2 N–H and O–H groups in total. The smallest absolute Gasteiger partial charge is 0.142 e. The van der Waals surface area contributed by atoms with E-state index in [0.717, 1.165) is 16.7 Å². The minimum Gasteiger partial charge on any atom is -0.507 e. The third-order valence-corrected chi connectivity index (χ3v) is 4.04. The Labute approximate surface area is 136 Å². The molecule has 0 saturated heterocycles. The average Bonchev–Trinajstić information content (AvgIpc) is 2.47. The van der Waals surface area contributed by atoms with Crippen LogP contribution in [0.15, 0.2) is 42.5 Å². The van der Waals surface area contributed by atoms with Crippen LogP contribution in [-0.4, -0.2) is 10.2 Å². The lowest BCUT2D eigenvalue weighted by Gasteiger charge is -2.25. The highest BCUT2D eigenvalue weighted by Crippen LogP contribution is 2.50. The van der Waals surface area contributed by atoms with Gasteiger partial charge in [0.2, 0.25) is 0 Å². The first-order chi connectivity index (χ1) is 10.9. The summed E-state index contributed by atoms with van der Waals surface area (Å²) >= 11 is 0. The molecule has 0 bridgehead atoms. The van der Waals surface area contributed by atoms with Gasteiger partial charge in [-0.3, -0.25) is 0 Å². The van der Waals surface area contributed by atoms with E-state index >= 15 is 0 Å². The van der Waals surface area contributed by atoms with Gasteiger partial charge in [-0.1, -0.05) is 29.9 Å². The molecule has 1 aliphatic heterocycles. The van der Waals surface area contributed by atoms with Gasteiger partial charge in [-0.2, -0.15) is 0 Å². The molecule has 0 unspecified atom stereocenters. The summed E-state index contributed by atoms with van der Waals surface area (Å²) in [5, 5.41) is 20.9. The van der Waals surface area contributed by atoms with Gasteiger partial charge in [-0.05, 0) is 44.9 Å². The quantitative estimate of drug-likeness (QED) is 0.649. The van der Waals surface area contributed by atoms with Crippen molar-refractivity contribution in [2.24, 2.45) is 0 Å². The van der Waals surface area contributed by atoms with Gasteiger partial charge in [0.15, 0.2) is 0 Å². The van der Waals surface area contributed by atoms with Crippen LogP contribution >= 0.6 is 0 Å². The van der Waals surface area contributed by atoms with Crippen LogP contribution in [0, 0.1) is 6.92 Å². The zero-order valence-corrected chi connectivity index (χ0v) is 13.6. The molecule has 0 amide bonds. The number of phenols is 2. The molecule has 0 aliphatic carbocycles. The molecule has 118 valence electrons. The van der Waals surface area contributed by atoms with E-state index in [4.69, 9.17) is 4.74 Å². The van der Waals surface area contributed by atoms with Crippen molar-refractivity contribution in [3.63, 3.8) is 0 Å². The molecule has 3 heteroatoms. The highest BCUT2D eigenvalue weighted by atomic mass is 16.5. The lowest BCUT2D eigenvalue weighted by Crippen LogP contribution is -2.04. The highest BCUT2D eigenvalue weighted by molar-refractivity contribution is 5.90. The number of hydrogen-bond donors (Lipinski definition) is 2. The molecule has 3 nitrogen and oxygen atoms in total. The summed E-state index contributed by atoms with van der Waals surface area (Å²) in [7, 11) is 0. The van der Waals surface area contributed by atoms with Crippen LogP contribution in [-0.2, 0) is 6.42 Å². The van der Waals surface area contributed by atoms with E-state index in [1.54, 1.807) is 6.07 Å². The SMILES string of the molecule is C=C1c2cc(C)ccc2Oc2cc(O)c(CC=C(C)C)c(O)c21. The van der Waals surface area contributed by atoms with E-state index < -0.39 is 0 Å². The summed E-state index contributed by atoms with van der Waals surface area (Å²) in [6, 6.07) is 7.38. The molecule has 0 radical (unpaired) electrons. The number of hydrogen-bond acceptors (Lipinski definition) is 3. The number of fused-ring (bicyclic) bond motifs is 2. The first-order valence-electron chi connectivity index (χ1n) is 7.57. The summed E-state index contributed by atoms with van der Waals surface area (Å²) in [5.41, 5.74) is 4.84. The fourth-order valence-corrected chi connectivity index (χ4v) is 2.77. The molecule has 0 fully saturated rings. The largest absolute Gasteiger partial charge is 0.507 e. The summed E-state index contributed by atoms with van der Waals surface area (Å²) < 4.78 is 5.85. The first kappa shape index (κ1) is 15.2. The minimum atomic E-state index is 0.0297. The maximum atomic E-state index is 10.7. The zero-order valence-electron chi connectivity index (χ0n) is 13.6. The average molecular weight is 308 g/mol. The summed E-state index contributed by atoms with van der Waals surface area (Å²) in [5.74, 6) is 1.18. The van der Waals surface area contributed by atoms with Gasteiger partial charge in [0.25, 0.3) is 0 Å². The molecular weight excluding hydrogens is 288 g/mol. The maximum Gasteiger partial charge on any atom is 0.142 e. The fourth-order valence-electron chi connectivity index (χ4n) is 2.77. The fraction of sp³-hybridized carbons (Fsp3) is 0.200. The predicted molar refractivity (Wildman–Crippen MR) is 92.3 cm³/mol. The van der Waals surface area contributed by atoms with Gasteiger partial charge < -0.3 is 14.9 Å². The Bertz CT molecular complexity index is 840. The van der Waals surface area contributed by atoms with Crippen LogP contribution in [0.1, 0.15) is 36.1 Å². The van der Waals surface area contributed by atoms with Crippen molar-refractivity contribution in [3.05, 3.63) is 64.7 Å². The van der Waals surface area contributed by atoms with Crippen LogP contribution < -0.4 is 4.74 Å². The van der Waals surface area contributed by atoms with Crippen LogP contribution in [0.4, 0.5) is 0 Å². The van der Waals surface area contributed by atoms with E-state index in [0.29, 0.717) is 34.6 Å². The van der Waals surface area contributed by atoms with Crippen LogP contribution in [0.25, 0.3) is 5.57 Å². The molecular formula is C20H20O3. The second kappa shape index (κ2) is 5.51. The number of phenolic OH excluding ortho intramolecular Hbond substituents is 2. The Morgan fingerprint density at radius 1 is 1.17 bits per heavy atom. The van der Waals surface area contributed by atoms with Crippen molar-refractivity contribution in [3.8, 4) is 23.0 Å².